The van der Waals surface area contributed by atoms with E-state index in [1.807, 2.05) is 0 Å². The molecular formula is C15H16S. The summed E-state index contributed by atoms with van der Waals surface area (Å²) in [6.07, 6.45) is 3.20. The minimum absolute atomic E-state index is 1.08. The lowest BCUT2D eigenvalue weighted by molar-refractivity contribution is 1.13. The fourth-order valence-corrected chi connectivity index (χ4v) is 2.35. The molecule has 0 unspecified atom stereocenters. The molecule has 0 fully saturated rings. The summed E-state index contributed by atoms with van der Waals surface area (Å²) >= 11 is 1.80. The van der Waals surface area contributed by atoms with E-state index in [0.29, 0.717) is 0 Å². The summed E-state index contributed by atoms with van der Waals surface area (Å²) in [5, 5.41) is 0. The standard InChI is InChI=1S/C15H16S/c1-3-12-11-14(16-2)9-10-15(12)13-7-5-4-6-8-13/h4-11H,3H2,1-2H3. The van der Waals surface area contributed by atoms with Crippen molar-refractivity contribution in [2.45, 2.75) is 18.2 Å². The summed E-state index contributed by atoms with van der Waals surface area (Å²) in [5.74, 6) is 0. The van der Waals surface area contributed by atoms with Gasteiger partial charge in [0.25, 0.3) is 0 Å². The number of rotatable bonds is 3. The second-order valence-electron chi connectivity index (χ2n) is 3.74. The highest BCUT2D eigenvalue weighted by Gasteiger charge is 2.03. The molecule has 1 heteroatoms. The number of hydrogen-bond acceptors (Lipinski definition) is 1. The first kappa shape index (κ1) is 11.3. The molecule has 0 aliphatic carbocycles. The summed E-state index contributed by atoms with van der Waals surface area (Å²) in [5.41, 5.74) is 4.10. The van der Waals surface area contributed by atoms with Crippen molar-refractivity contribution in [2.75, 3.05) is 6.26 Å². The third-order valence-corrected chi connectivity index (χ3v) is 3.50. The van der Waals surface area contributed by atoms with E-state index in [-0.39, 0.29) is 0 Å². The third-order valence-electron chi connectivity index (χ3n) is 2.78. The summed E-state index contributed by atoms with van der Waals surface area (Å²) < 4.78 is 0. The fourth-order valence-electron chi connectivity index (χ4n) is 1.89. The molecular weight excluding hydrogens is 212 g/mol. The zero-order valence-corrected chi connectivity index (χ0v) is 10.6. The number of hydrogen-bond donors (Lipinski definition) is 0. The van der Waals surface area contributed by atoms with Crippen LogP contribution < -0.4 is 0 Å². The molecule has 0 amide bonds. The van der Waals surface area contributed by atoms with Gasteiger partial charge in [0.2, 0.25) is 0 Å². The molecule has 0 aliphatic rings. The Labute approximate surface area is 102 Å². The lowest BCUT2D eigenvalue weighted by Gasteiger charge is -2.09. The highest BCUT2D eigenvalue weighted by Crippen LogP contribution is 2.27. The first-order chi connectivity index (χ1) is 7.85. The molecule has 0 saturated heterocycles. The van der Waals surface area contributed by atoms with E-state index in [1.54, 1.807) is 11.8 Å². The molecule has 0 atom stereocenters. The molecule has 0 bridgehead atoms. The summed E-state index contributed by atoms with van der Waals surface area (Å²) in [7, 11) is 0. The molecule has 0 heterocycles. The maximum absolute atomic E-state index is 2.30. The first-order valence-corrected chi connectivity index (χ1v) is 6.80. The van der Waals surface area contributed by atoms with Crippen molar-refractivity contribution in [3.63, 3.8) is 0 Å². The Morgan fingerprint density at radius 2 is 1.75 bits per heavy atom. The molecule has 2 aromatic rings. The molecule has 0 aliphatic heterocycles. The van der Waals surface area contributed by atoms with Gasteiger partial charge in [-0.25, -0.2) is 0 Å². The van der Waals surface area contributed by atoms with Crippen molar-refractivity contribution in [3.8, 4) is 11.1 Å². The van der Waals surface area contributed by atoms with Crippen LogP contribution in [0.25, 0.3) is 11.1 Å². The molecule has 0 nitrogen and oxygen atoms in total. The topological polar surface area (TPSA) is 0 Å². The average Bonchev–Trinajstić information content (AvgIpc) is 2.39. The van der Waals surface area contributed by atoms with Gasteiger partial charge in [-0.2, -0.15) is 0 Å². The lowest BCUT2D eigenvalue weighted by Crippen LogP contribution is -1.88. The average molecular weight is 228 g/mol. The Bertz CT molecular complexity index is 460. The molecule has 0 N–H and O–H groups in total. The van der Waals surface area contributed by atoms with Crippen molar-refractivity contribution < 1.29 is 0 Å². The summed E-state index contributed by atoms with van der Waals surface area (Å²) in [6, 6.07) is 17.3. The van der Waals surface area contributed by atoms with Crippen LogP contribution >= 0.6 is 11.8 Å². The second-order valence-corrected chi connectivity index (χ2v) is 4.62. The SMILES string of the molecule is CCc1cc(SC)ccc1-c1ccccc1. The molecule has 0 spiro atoms. The monoisotopic (exact) mass is 228 g/mol. The zero-order valence-electron chi connectivity index (χ0n) is 9.73. The van der Waals surface area contributed by atoms with Gasteiger partial charge in [-0.05, 0) is 41.5 Å². The molecule has 0 aromatic heterocycles. The van der Waals surface area contributed by atoms with Gasteiger partial charge in [-0.3, -0.25) is 0 Å². The highest BCUT2D eigenvalue weighted by atomic mass is 32.2. The minimum Gasteiger partial charge on any atom is -0.130 e. The maximum atomic E-state index is 2.30. The third kappa shape index (κ3) is 2.30. The summed E-state index contributed by atoms with van der Waals surface area (Å²) in [6.45, 7) is 2.21. The van der Waals surface area contributed by atoms with E-state index >= 15 is 0 Å². The van der Waals surface area contributed by atoms with Crippen molar-refractivity contribution in [1.29, 1.82) is 0 Å². The molecule has 16 heavy (non-hydrogen) atoms. The van der Waals surface area contributed by atoms with Gasteiger partial charge >= 0.3 is 0 Å². The smallest absolute Gasteiger partial charge is 0.00722 e. The molecule has 2 aromatic carbocycles. The van der Waals surface area contributed by atoms with E-state index in [0.717, 1.165) is 6.42 Å². The molecule has 0 radical (unpaired) electrons. The van der Waals surface area contributed by atoms with Crippen molar-refractivity contribution in [1.82, 2.24) is 0 Å². The van der Waals surface area contributed by atoms with Crippen LogP contribution in [0.2, 0.25) is 0 Å². The van der Waals surface area contributed by atoms with Gasteiger partial charge in [0.15, 0.2) is 0 Å². The Hall–Kier alpha value is -1.21. The minimum atomic E-state index is 1.08. The van der Waals surface area contributed by atoms with E-state index in [1.165, 1.54) is 21.6 Å². The van der Waals surface area contributed by atoms with Crippen LogP contribution in [-0.2, 0) is 6.42 Å². The first-order valence-electron chi connectivity index (χ1n) is 5.57. The van der Waals surface area contributed by atoms with Gasteiger partial charge in [0.05, 0.1) is 0 Å². The van der Waals surface area contributed by atoms with Gasteiger partial charge in [-0.15, -0.1) is 11.8 Å². The van der Waals surface area contributed by atoms with Gasteiger partial charge in [0, 0.05) is 4.90 Å². The molecule has 2 rings (SSSR count). The largest absolute Gasteiger partial charge is 0.130 e. The van der Waals surface area contributed by atoms with Crippen molar-refractivity contribution in [3.05, 3.63) is 54.1 Å². The van der Waals surface area contributed by atoms with E-state index in [9.17, 15) is 0 Å². The van der Waals surface area contributed by atoms with Crippen LogP contribution in [0.1, 0.15) is 12.5 Å². The molecule has 82 valence electrons. The van der Waals surface area contributed by atoms with Crippen molar-refractivity contribution in [2.24, 2.45) is 0 Å². The van der Waals surface area contributed by atoms with Crippen LogP contribution in [0, 0.1) is 0 Å². The quantitative estimate of drug-likeness (QED) is 0.690. The van der Waals surface area contributed by atoms with E-state index in [4.69, 9.17) is 0 Å². The highest BCUT2D eigenvalue weighted by molar-refractivity contribution is 7.98. The Morgan fingerprint density at radius 3 is 2.38 bits per heavy atom. The number of aryl methyl sites for hydroxylation is 1. The van der Waals surface area contributed by atoms with Gasteiger partial charge in [0.1, 0.15) is 0 Å². The van der Waals surface area contributed by atoms with Crippen LogP contribution in [0.3, 0.4) is 0 Å². The van der Waals surface area contributed by atoms with E-state index in [2.05, 4.69) is 61.7 Å². The fraction of sp³-hybridized carbons (Fsp3) is 0.200. The summed E-state index contributed by atoms with van der Waals surface area (Å²) in [4.78, 5) is 1.34. The van der Waals surface area contributed by atoms with E-state index < -0.39 is 0 Å². The Balaban J connectivity index is 2.49. The normalized spacial score (nSPS) is 10.4. The van der Waals surface area contributed by atoms with Crippen LogP contribution in [0.15, 0.2) is 53.4 Å². The second kappa shape index (κ2) is 5.22. The van der Waals surface area contributed by atoms with Crippen LogP contribution in [0.5, 0.6) is 0 Å². The number of thioether (sulfide) groups is 1. The molecule has 0 saturated carbocycles. The van der Waals surface area contributed by atoms with Crippen molar-refractivity contribution >= 4 is 11.8 Å². The zero-order chi connectivity index (χ0) is 11.4. The van der Waals surface area contributed by atoms with Gasteiger partial charge in [-0.1, -0.05) is 43.3 Å². The Morgan fingerprint density at radius 1 is 1.00 bits per heavy atom. The predicted octanol–water partition coefficient (Wildman–Crippen LogP) is 4.64. The van der Waals surface area contributed by atoms with Crippen LogP contribution in [0.4, 0.5) is 0 Å². The predicted molar refractivity (Wildman–Crippen MR) is 73.0 cm³/mol. The Kier molecular flexibility index (Phi) is 3.68. The number of benzene rings is 2. The van der Waals surface area contributed by atoms with Crippen LogP contribution in [-0.4, -0.2) is 6.26 Å². The maximum Gasteiger partial charge on any atom is 0.00722 e. The lowest BCUT2D eigenvalue weighted by atomic mass is 9.98. The van der Waals surface area contributed by atoms with Gasteiger partial charge < -0.3 is 0 Å².